The summed E-state index contributed by atoms with van der Waals surface area (Å²) in [5.74, 6) is 0.980. The number of hydrogen-bond acceptors (Lipinski definition) is 3. The van der Waals surface area contributed by atoms with E-state index in [2.05, 4.69) is 19.2 Å². The van der Waals surface area contributed by atoms with Gasteiger partial charge in [-0.1, -0.05) is 18.2 Å². The van der Waals surface area contributed by atoms with Crippen molar-refractivity contribution in [3.05, 3.63) is 29.8 Å². The van der Waals surface area contributed by atoms with Crippen molar-refractivity contribution in [3.8, 4) is 5.75 Å². The minimum atomic E-state index is -0.342. The number of carbonyl (C=O) groups is 1. The molecule has 4 nitrogen and oxygen atoms in total. The molecule has 19 heavy (non-hydrogen) atoms. The standard InChI is InChI=1S/C15H20N2O2/c1-10-9-17(11(2)8-16-10)15(18)14-7-12-5-3-4-6-13(12)19-14/h3-6,10-11,14,16H,7-9H2,1-2H3. The van der Waals surface area contributed by atoms with Crippen LogP contribution in [0.25, 0.3) is 0 Å². The molecule has 1 aromatic rings. The van der Waals surface area contributed by atoms with Crippen molar-refractivity contribution >= 4 is 5.91 Å². The zero-order valence-electron chi connectivity index (χ0n) is 11.4. The molecule has 0 aromatic heterocycles. The Bertz CT molecular complexity index is 464. The molecule has 0 saturated carbocycles. The number of amides is 1. The Kier molecular flexibility index (Phi) is 3.19. The van der Waals surface area contributed by atoms with Crippen LogP contribution < -0.4 is 10.1 Å². The van der Waals surface area contributed by atoms with Crippen molar-refractivity contribution < 1.29 is 9.53 Å². The molecule has 1 aromatic carbocycles. The zero-order valence-corrected chi connectivity index (χ0v) is 11.4. The summed E-state index contributed by atoms with van der Waals surface area (Å²) in [7, 11) is 0. The van der Waals surface area contributed by atoms with E-state index in [4.69, 9.17) is 4.74 Å². The van der Waals surface area contributed by atoms with E-state index in [-0.39, 0.29) is 18.1 Å². The second kappa shape index (κ2) is 4.85. The van der Waals surface area contributed by atoms with Gasteiger partial charge in [0.1, 0.15) is 5.75 Å². The van der Waals surface area contributed by atoms with Crippen LogP contribution in [0.5, 0.6) is 5.75 Å². The predicted octanol–water partition coefficient (Wildman–Crippen LogP) is 1.20. The minimum Gasteiger partial charge on any atom is -0.480 e. The average molecular weight is 260 g/mol. The van der Waals surface area contributed by atoms with Gasteiger partial charge in [-0.15, -0.1) is 0 Å². The molecule has 0 radical (unpaired) electrons. The van der Waals surface area contributed by atoms with Crippen molar-refractivity contribution in [2.75, 3.05) is 13.1 Å². The Balaban J connectivity index is 1.72. The number of nitrogens with one attached hydrogen (secondary N) is 1. The van der Waals surface area contributed by atoms with Gasteiger partial charge in [-0.3, -0.25) is 4.79 Å². The largest absolute Gasteiger partial charge is 0.480 e. The first-order valence-electron chi connectivity index (χ1n) is 6.93. The van der Waals surface area contributed by atoms with Crippen molar-refractivity contribution in [3.63, 3.8) is 0 Å². The molecule has 1 amide bonds. The Morgan fingerprint density at radius 1 is 1.37 bits per heavy atom. The number of piperazine rings is 1. The third-order valence-corrected chi connectivity index (χ3v) is 3.97. The summed E-state index contributed by atoms with van der Waals surface area (Å²) in [4.78, 5) is 14.6. The summed E-state index contributed by atoms with van der Waals surface area (Å²) >= 11 is 0. The van der Waals surface area contributed by atoms with Gasteiger partial charge >= 0.3 is 0 Å². The normalized spacial score (nSPS) is 29.8. The first kappa shape index (κ1) is 12.5. The van der Waals surface area contributed by atoms with E-state index in [1.165, 1.54) is 0 Å². The van der Waals surface area contributed by atoms with E-state index in [9.17, 15) is 4.79 Å². The molecule has 0 spiro atoms. The molecular weight excluding hydrogens is 240 g/mol. The highest BCUT2D eigenvalue weighted by molar-refractivity contribution is 5.83. The van der Waals surface area contributed by atoms with Gasteiger partial charge in [0.25, 0.3) is 5.91 Å². The van der Waals surface area contributed by atoms with Crippen LogP contribution in [0.3, 0.4) is 0 Å². The summed E-state index contributed by atoms with van der Waals surface area (Å²) in [5.41, 5.74) is 1.14. The number of carbonyl (C=O) groups excluding carboxylic acids is 1. The molecular formula is C15H20N2O2. The van der Waals surface area contributed by atoms with Gasteiger partial charge in [-0.05, 0) is 25.5 Å². The maximum Gasteiger partial charge on any atom is 0.264 e. The van der Waals surface area contributed by atoms with Crippen LogP contribution in [-0.4, -0.2) is 42.1 Å². The Morgan fingerprint density at radius 3 is 2.95 bits per heavy atom. The molecule has 0 aliphatic carbocycles. The summed E-state index contributed by atoms with van der Waals surface area (Å²) in [5, 5.41) is 3.39. The molecule has 4 heteroatoms. The van der Waals surface area contributed by atoms with Crippen molar-refractivity contribution in [2.45, 2.75) is 38.5 Å². The number of nitrogens with zero attached hydrogens (tertiary/aromatic N) is 1. The van der Waals surface area contributed by atoms with E-state index in [0.29, 0.717) is 12.5 Å². The highest BCUT2D eigenvalue weighted by Crippen LogP contribution is 2.29. The lowest BCUT2D eigenvalue weighted by molar-refractivity contribution is -0.141. The lowest BCUT2D eigenvalue weighted by Crippen LogP contribution is -2.58. The van der Waals surface area contributed by atoms with Crippen LogP contribution in [0.1, 0.15) is 19.4 Å². The summed E-state index contributed by atoms with van der Waals surface area (Å²) < 4.78 is 5.79. The molecule has 2 aliphatic heterocycles. The number of benzene rings is 1. The van der Waals surface area contributed by atoms with E-state index >= 15 is 0 Å². The van der Waals surface area contributed by atoms with E-state index in [1.54, 1.807) is 0 Å². The lowest BCUT2D eigenvalue weighted by Gasteiger charge is -2.38. The third kappa shape index (κ3) is 2.32. The summed E-state index contributed by atoms with van der Waals surface area (Å²) in [6, 6.07) is 8.49. The van der Waals surface area contributed by atoms with Crippen LogP contribution >= 0.6 is 0 Å². The lowest BCUT2D eigenvalue weighted by atomic mass is 10.1. The van der Waals surface area contributed by atoms with Gasteiger partial charge in [0.2, 0.25) is 0 Å². The molecule has 1 saturated heterocycles. The molecule has 2 aliphatic rings. The summed E-state index contributed by atoms with van der Waals surface area (Å²) in [6.45, 7) is 5.80. The Morgan fingerprint density at radius 2 is 2.16 bits per heavy atom. The van der Waals surface area contributed by atoms with Crippen molar-refractivity contribution in [1.82, 2.24) is 10.2 Å². The fraction of sp³-hybridized carbons (Fsp3) is 0.533. The molecule has 102 valence electrons. The molecule has 1 N–H and O–H groups in total. The van der Waals surface area contributed by atoms with Crippen LogP contribution in [0.15, 0.2) is 24.3 Å². The van der Waals surface area contributed by atoms with Gasteiger partial charge in [0.05, 0.1) is 0 Å². The number of fused-ring (bicyclic) bond motifs is 1. The SMILES string of the molecule is CC1CN(C(=O)C2Cc3ccccc3O2)C(C)CN1. The van der Waals surface area contributed by atoms with E-state index in [0.717, 1.165) is 24.4 Å². The number of para-hydroxylation sites is 1. The Labute approximate surface area is 113 Å². The smallest absolute Gasteiger partial charge is 0.264 e. The van der Waals surface area contributed by atoms with Crippen molar-refractivity contribution in [2.24, 2.45) is 0 Å². The minimum absolute atomic E-state index is 0.122. The summed E-state index contributed by atoms with van der Waals surface area (Å²) in [6.07, 6.45) is 0.352. The van der Waals surface area contributed by atoms with Crippen LogP contribution in [0.2, 0.25) is 0 Å². The Hall–Kier alpha value is -1.55. The molecule has 0 bridgehead atoms. The second-order valence-corrected chi connectivity index (χ2v) is 5.57. The number of ether oxygens (including phenoxy) is 1. The predicted molar refractivity (Wildman–Crippen MR) is 73.2 cm³/mol. The monoisotopic (exact) mass is 260 g/mol. The average Bonchev–Trinajstić information content (AvgIpc) is 2.84. The number of hydrogen-bond donors (Lipinski definition) is 1. The first-order valence-corrected chi connectivity index (χ1v) is 6.93. The quantitative estimate of drug-likeness (QED) is 0.825. The fourth-order valence-corrected chi connectivity index (χ4v) is 2.83. The molecule has 3 unspecified atom stereocenters. The van der Waals surface area contributed by atoms with Crippen LogP contribution in [-0.2, 0) is 11.2 Å². The molecule has 3 atom stereocenters. The fourth-order valence-electron chi connectivity index (χ4n) is 2.83. The molecule has 3 rings (SSSR count). The second-order valence-electron chi connectivity index (χ2n) is 5.57. The van der Waals surface area contributed by atoms with Crippen LogP contribution in [0.4, 0.5) is 0 Å². The van der Waals surface area contributed by atoms with Gasteiger partial charge in [-0.2, -0.15) is 0 Å². The third-order valence-electron chi connectivity index (χ3n) is 3.97. The van der Waals surface area contributed by atoms with E-state index in [1.807, 2.05) is 29.2 Å². The van der Waals surface area contributed by atoms with Crippen molar-refractivity contribution in [1.29, 1.82) is 0 Å². The molecule has 1 fully saturated rings. The van der Waals surface area contributed by atoms with Gasteiger partial charge in [-0.25, -0.2) is 0 Å². The van der Waals surface area contributed by atoms with Crippen LogP contribution in [0, 0.1) is 0 Å². The molecule has 2 heterocycles. The van der Waals surface area contributed by atoms with Gasteiger partial charge in [0, 0.05) is 31.6 Å². The first-order chi connectivity index (χ1) is 9.15. The zero-order chi connectivity index (χ0) is 13.4. The van der Waals surface area contributed by atoms with Gasteiger partial charge < -0.3 is 15.0 Å². The highest BCUT2D eigenvalue weighted by Gasteiger charge is 2.36. The topological polar surface area (TPSA) is 41.6 Å². The number of rotatable bonds is 1. The maximum atomic E-state index is 12.6. The van der Waals surface area contributed by atoms with E-state index < -0.39 is 0 Å². The maximum absolute atomic E-state index is 12.6. The highest BCUT2D eigenvalue weighted by atomic mass is 16.5. The van der Waals surface area contributed by atoms with Gasteiger partial charge in [0.15, 0.2) is 6.10 Å².